The average Bonchev–Trinajstić information content (AvgIpc) is 3.62. The predicted octanol–water partition coefficient (Wildman–Crippen LogP) is 6.53. The Hall–Kier alpha value is -6.44. The number of aromatic nitrogens is 2. The molecule has 1 N–H and O–H groups in total. The monoisotopic (exact) mass is 747 g/mol. The molecule has 1 fully saturated rings. The maximum absolute atomic E-state index is 13.4. The first kappa shape index (κ1) is 38.3. The molecule has 1 aromatic heterocycles. The number of amides is 1. The molecule has 13 nitrogen and oxygen atoms in total. The maximum atomic E-state index is 13.4. The van der Waals surface area contributed by atoms with E-state index in [4.69, 9.17) is 33.2 Å². The highest BCUT2D eigenvalue weighted by Crippen LogP contribution is 2.43. The van der Waals surface area contributed by atoms with Gasteiger partial charge < -0.3 is 38.5 Å². The summed E-state index contributed by atoms with van der Waals surface area (Å²) >= 11 is 0. The lowest BCUT2D eigenvalue weighted by Gasteiger charge is -2.37. The van der Waals surface area contributed by atoms with Gasteiger partial charge in [0.2, 0.25) is 0 Å². The van der Waals surface area contributed by atoms with E-state index in [1.807, 2.05) is 78.9 Å². The molecule has 1 aliphatic rings. The van der Waals surface area contributed by atoms with Crippen LogP contribution in [0, 0.1) is 0 Å². The van der Waals surface area contributed by atoms with Crippen LogP contribution in [0.15, 0.2) is 133 Å². The van der Waals surface area contributed by atoms with E-state index in [2.05, 4.69) is 16.9 Å². The van der Waals surface area contributed by atoms with E-state index >= 15 is 0 Å². The van der Waals surface area contributed by atoms with Gasteiger partial charge in [0, 0.05) is 18.2 Å². The smallest absolute Gasteiger partial charge is 0.497 e. The molecular formula is C42H41N3O10. The molecule has 0 bridgehead atoms. The van der Waals surface area contributed by atoms with Crippen molar-refractivity contribution in [2.45, 2.75) is 30.5 Å². The number of nitrogens with one attached hydrogen (secondary N) is 1. The van der Waals surface area contributed by atoms with Crippen LogP contribution in [0.2, 0.25) is 0 Å². The van der Waals surface area contributed by atoms with Gasteiger partial charge in [-0.1, -0.05) is 67.3 Å². The summed E-state index contributed by atoms with van der Waals surface area (Å²) in [6.45, 7) is 3.43. The SMILES string of the molecule is C=CCOC(=O)O[C@H]1C[C@H](n2ccc(NC(=O)c3ccc(OC)cc3)nc2=O)O[C@@H]1COC(c1ccccc1)(c1ccc(OC)cc1)c1ccc(OC)cc1. The minimum absolute atomic E-state index is 0.0485. The highest BCUT2D eigenvalue weighted by atomic mass is 16.7. The minimum Gasteiger partial charge on any atom is -0.497 e. The summed E-state index contributed by atoms with van der Waals surface area (Å²) in [5.74, 6) is 1.52. The Bertz CT molecular complexity index is 2070. The molecule has 2 heterocycles. The van der Waals surface area contributed by atoms with Crippen molar-refractivity contribution in [2.24, 2.45) is 0 Å². The van der Waals surface area contributed by atoms with Crippen LogP contribution >= 0.6 is 0 Å². The van der Waals surface area contributed by atoms with Crippen molar-refractivity contribution in [3.05, 3.63) is 161 Å². The Morgan fingerprint density at radius 3 is 1.95 bits per heavy atom. The second-order valence-corrected chi connectivity index (χ2v) is 12.4. The maximum Gasteiger partial charge on any atom is 0.508 e. The van der Waals surface area contributed by atoms with Crippen molar-refractivity contribution < 1.29 is 42.7 Å². The van der Waals surface area contributed by atoms with Gasteiger partial charge in [0.05, 0.1) is 27.9 Å². The van der Waals surface area contributed by atoms with Gasteiger partial charge in [-0.05, 0) is 71.3 Å². The highest BCUT2D eigenvalue weighted by Gasteiger charge is 2.44. The number of nitrogens with zero attached hydrogens (tertiary/aromatic N) is 2. The average molecular weight is 748 g/mol. The van der Waals surface area contributed by atoms with Crippen LogP contribution in [0.4, 0.5) is 10.6 Å². The zero-order chi connectivity index (χ0) is 38.8. The van der Waals surface area contributed by atoms with Crippen LogP contribution in [0.25, 0.3) is 0 Å². The van der Waals surface area contributed by atoms with Gasteiger partial charge in [0.25, 0.3) is 5.91 Å². The number of anilines is 1. The van der Waals surface area contributed by atoms with Crippen molar-refractivity contribution in [2.75, 3.05) is 39.9 Å². The molecule has 5 aromatic rings. The molecule has 284 valence electrons. The molecule has 13 heteroatoms. The van der Waals surface area contributed by atoms with E-state index in [9.17, 15) is 14.4 Å². The molecule has 0 aliphatic carbocycles. The lowest BCUT2D eigenvalue weighted by Crippen LogP contribution is -2.39. The van der Waals surface area contributed by atoms with Gasteiger partial charge in [0.1, 0.15) is 53.7 Å². The summed E-state index contributed by atoms with van der Waals surface area (Å²) in [7, 11) is 4.73. The first-order chi connectivity index (χ1) is 26.8. The molecule has 0 unspecified atom stereocenters. The van der Waals surface area contributed by atoms with E-state index in [0.717, 1.165) is 16.7 Å². The van der Waals surface area contributed by atoms with Crippen molar-refractivity contribution >= 4 is 17.9 Å². The number of benzene rings is 4. The highest BCUT2D eigenvalue weighted by molar-refractivity contribution is 6.03. The normalized spacial score (nSPS) is 16.5. The van der Waals surface area contributed by atoms with Crippen molar-refractivity contribution in [1.82, 2.24) is 9.55 Å². The van der Waals surface area contributed by atoms with Gasteiger partial charge >= 0.3 is 11.8 Å². The van der Waals surface area contributed by atoms with E-state index < -0.39 is 41.8 Å². The lowest BCUT2D eigenvalue weighted by molar-refractivity contribution is -0.0992. The van der Waals surface area contributed by atoms with Gasteiger partial charge in [0.15, 0.2) is 0 Å². The van der Waals surface area contributed by atoms with Gasteiger partial charge in [-0.25, -0.2) is 9.59 Å². The van der Waals surface area contributed by atoms with Gasteiger partial charge in [-0.15, -0.1) is 0 Å². The second-order valence-electron chi connectivity index (χ2n) is 12.4. The number of rotatable bonds is 15. The van der Waals surface area contributed by atoms with Crippen molar-refractivity contribution in [1.29, 1.82) is 0 Å². The van der Waals surface area contributed by atoms with Crippen LogP contribution < -0.4 is 25.2 Å². The van der Waals surface area contributed by atoms with E-state index in [1.54, 1.807) is 38.5 Å². The summed E-state index contributed by atoms with van der Waals surface area (Å²) in [5.41, 5.74) is 0.854. The van der Waals surface area contributed by atoms with Crippen LogP contribution in [0.3, 0.4) is 0 Å². The first-order valence-electron chi connectivity index (χ1n) is 17.4. The fourth-order valence-corrected chi connectivity index (χ4v) is 6.34. The summed E-state index contributed by atoms with van der Waals surface area (Å²) in [5, 5.41) is 2.64. The second kappa shape index (κ2) is 17.6. The van der Waals surface area contributed by atoms with Crippen LogP contribution in [0.1, 0.15) is 39.7 Å². The van der Waals surface area contributed by atoms with Gasteiger partial charge in [-0.2, -0.15) is 4.98 Å². The molecular weight excluding hydrogens is 706 g/mol. The number of carbonyl (C=O) groups excluding carboxylic acids is 2. The van der Waals surface area contributed by atoms with Crippen LogP contribution in [-0.2, 0) is 24.5 Å². The molecule has 1 aliphatic heterocycles. The quantitative estimate of drug-likeness (QED) is 0.0709. The van der Waals surface area contributed by atoms with Crippen molar-refractivity contribution in [3.8, 4) is 17.2 Å². The zero-order valence-corrected chi connectivity index (χ0v) is 30.6. The Morgan fingerprint density at radius 2 is 1.40 bits per heavy atom. The molecule has 3 atom stereocenters. The summed E-state index contributed by atoms with van der Waals surface area (Å²) < 4.78 is 41.7. The third kappa shape index (κ3) is 8.69. The molecule has 1 saturated heterocycles. The molecule has 55 heavy (non-hydrogen) atoms. The number of methoxy groups -OCH3 is 3. The molecule has 0 spiro atoms. The number of carbonyl (C=O) groups is 2. The standard InChI is InChI=1S/C42H41N3O10/c1-5-25-52-41(48)55-35-26-38(45-24-23-37(44-40(45)47)43-39(46)28-11-17-32(49-2)18-12-28)54-36(35)27-53-42(29-9-7-6-8-10-29,30-13-19-33(50-3)20-14-30)31-15-21-34(51-4)22-16-31/h5-24,35-36,38H,1,25-27H2,2-4H3,(H,43,44,46,47)/t35-,36+,38+/m0/s1. The molecule has 0 radical (unpaired) electrons. The number of hydrogen-bond donors (Lipinski definition) is 1. The molecule has 1 amide bonds. The Labute approximate surface area is 318 Å². The molecule has 6 rings (SSSR count). The third-order valence-electron chi connectivity index (χ3n) is 9.12. The predicted molar refractivity (Wildman–Crippen MR) is 203 cm³/mol. The largest absolute Gasteiger partial charge is 0.508 e. The van der Waals surface area contributed by atoms with E-state index in [1.165, 1.54) is 30.0 Å². The Balaban J connectivity index is 1.31. The fraction of sp³-hybridized carbons (Fsp3) is 0.238. The number of hydrogen-bond acceptors (Lipinski definition) is 11. The summed E-state index contributed by atoms with van der Waals surface area (Å²) in [4.78, 5) is 43.1. The van der Waals surface area contributed by atoms with E-state index in [-0.39, 0.29) is 25.5 Å². The molecule has 0 saturated carbocycles. The first-order valence-corrected chi connectivity index (χ1v) is 17.4. The van der Waals surface area contributed by atoms with E-state index in [0.29, 0.717) is 22.8 Å². The molecule has 4 aromatic carbocycles. The van der Waals surface area contributed by atoms with Crippen LogP contribution in [-0.4, -0.2) is 68.4 Å². The summed E-state index contributed by atoms with van der Waals surface area (Å²) in [6, 6.07) is 32.8. The Kier molecular flexibility index (Phi) is 12.2. The topological polar surface area (TPSA) is 146 Å². The number of ether oxygens (including phenoxy) is 7. The lowest BCUT2D eigenvalue weighted by atomic mass is 9.80. The minimum atomic E-state index is -1.20. The van der Waals surface area contributed by atoms with Crippen molar-refractivity contribution in [3.63, 3.8) is 0 Å². The fourth-order valence-electron chi connectivity index (χ4n) is 6.34. The third-order valence-corrected chi connectivity index (χ3v) is 9.12. The Morgan fingerprint density at radius 1 is 0.836 bits per heavy atom. The zero-order valence-electron chi connectivity index (χ0n) is 30.6. The van der Waals surface area contributed by atoms with Crippen LogP contribution in [0.5, 0.6) is 17.2 Å². The van der Waals surface area contributed by atoms with Gasteiger partial charge in [-0.3, -0.25) is 9.36 Å². The summed E-state index contributed by atoms with van der Waals surface area (Å²) in [6.07, 6.45) is -0.659.